The van der Waals surface area contributed by atoms with Gasteiger partial charge in [0.25, 0.3) is 0 Å². The Labute approximate surface area is 124 Å². The number of nitrogens with one attached hydrogen (secondary N) is 1. The van der Waals surface area contributed by atoms with Crippen molar-refractivity contribution in [1.29, 1.82) is 0 Å². The van der Waals surface area contributed by atoms with Crippen LogP contribution in [0.1, 0.15) is 22.7 Å². The minimum absolute atomic E-state index is 0.173. The van der Waals surface area contributed by atoms with Gasteiger partial charge in [0, 0.05) is 16.9 Å². The van der Waals surface area contributed by atoms with E-state index in [9.17, 15) is 0 Å². The smallest absolute Gasteiger partial charge is 0.127 e. The van der Waals surface area contributed by atoms with Gasteiger partial charge in [-0.05, 0) is 30.5 Å². The van der Waals surface area contributed by atoms with Gasteiger partial charge in [0.05, 0.1) is 12.6 Å². The van der Waals surface area contributed by atoms with E-state index in [0.717, 1.165) is 18.8 Å². The highest BCUT2D eigenvalue weighted by molar-refractivity contribution is 7.98. The molecule has 1 aliphatic rings. The monoisotopic (exact) mass is 285 g/mol. The maximum Gasteiger partial charge on any atom is 0.127 e. The van der Waals surface area contributed by atoms with Crippen molar-refractivity contribution in [2.45, 2.75) is 17.4 Å². The summed E-state index contributed by atoms with van der Waals surface area (Å²) < 4.78 is 5.86. The van der Waals surface area contributed by atoms with Gasteiger partial charge in [-0.2, -0.15) is 0 Å². The fraction of sp³-hybridized carbons (Fsp3) is 0.294. The second kappa shape index (κ2) is 5.90. The van der Waals surface area contributed by atoms with Gasteiger partial charge in [-0.25, -0.2) is 0 Å². The maximum absolute atomic E-state index is 5.86. The third kappa shape index (κ3) is 2.32. The molecular formula is C17H19NOS. The van der Waals surface area contributed by atoms with E-state index in [0.29, 0.717) is 0 Å². The highest BCUT2D eigenvalue weighted by Gasteiger charge is 2.23. The predicted molar refractivity (Wildman–Crippen MR) is 84.8 cm³/mol. The molecule has 0 aromatic heterocycles. The number of hydrogen-bond donors (Lipinski definition) is 1. The lowest BCUT2D eigenvalue weighted by Gasteiger charge is -2.21. The number of para-hydroxylation sites is 1. The predicted octanol–water partition coefficient (Wildman–Crippen LogP) is 3.65. The van der Waals surface area contributed by atoms with Crippen LogP contribution in [-0.4, -0.2) is 19.9 Å². The van der Waals surface area contributed by atoms with Crippen molar-refractivity contribution in [3.63, 3.8) is 0 Å². The fourth-order valence-electron chi connectivity index (χ4n) is 2.85. The zero-order chi connectivity index (χ0) is 13.9. The fourth-order valence-corrected chi connectivity index (χ4v) is 3.49. The number of hydrogen-bond acceptors (Lipinski definition) is 3. The molecule has 0 saturated heterocycles. The van der Waals surface area contributed by atoms with Crippen molar-refractivity contribution >= 4 is 11.8 Å². The summed E-state index contributed by atoms with van der Waals surface area (Å²) in [7, 11) is 2.01. The van der Waals surface area contributed by atoms with Crippen LogP contribution in [0.15, 0.2) is 47.4 Å². The summed E-state index contributed by atoms with van der Waals surface area (Å²) in [5, 5.41) is 3.45. The quantitative estimate of drug-likeness (QED) is 0.866. The Morgan fingerprint density at radius 3 is 2.70 bits per heavy atom. The van der Waals surface area contributed by atoms with Crippen LogP contribution < -0.4 is 10.1 Å². The lowest BCUT2D eigenvalue weighted by atomic mass is 9.96. The van der Waals surface area contributed by atoms with Crippen LogP contribution >= 0.6 is 11.8 Å². The second-order valence-corrected chi connectivity index (χ2v) is 5.75. The van der Waals surface area contributed by atoms with Gasteiger partial charge in [-0.1, -0.05) is 36.4 Å². The summed E-state index contributed by atoms with van der Waals surface area (Å²) in [5.41, 5.74) is 3.87. The first-order valence-electron chi connectivity index (χ1n) is 6.90. The van der Waals surface area contributed by atoms with E-state index in [1.54, 1.807) is 11.8 Å². The molecular weight excluding hydrogens is 266 g/mol. The molecule has 1 unspecified atom stereocenters. The van der Waals surface area contributed by atoms with Crippen molar-refractivity contribution in [2.24, 2.45) is 0 Å². The lowest BCUT2D eigenvalue weighted by Crippen LogP contribution is -2.19. The summed E-state index contributed by atoms with van der Waals surface area (Å²) in [4.78, 5) is 1.31. The SMILES string of the molecule is CNC(c1ccccc1SC)c1cccc2c1OCC2. The molecule has 2 aromatic rings. The molecule has 1 aliphatic heterocycles. The molecule has 1 atom stereocenters. The summed E-state index contributed by atoms with van der Waals surface area (Å²) >= 11 is 1.79. The average Bonchev–Trinajstić information content (AvgIpc) is 2.98. The van der Waals surface area contributed by atoms with Crippen molar-refractivity contribution < 1.29 is 4.74 Å². The van der Waals surface area contributed by atoms with Crippen LogP contribution in [0.2, 0.25) is 0 Å². The Morgan fingerprint density at radius 1 is 1.10 bits per heavy atom. The van der Waals surface area contributed by atoms with E-state index < -0.39 is 0 Å². The molecule has 20 heavy (non-hydrogen) atoms. The summed E-state index contributed by atoms with van der Waals surface area (Å²) in [6.07, 6.45) is 3.14. The van der Waals surface area contributed by atoms with E-state index in [2.05, 4.69) is 54.0 Å². The zero-order valence-electron chi connectivity index (χ0n) is 11.8. The first kappa shape index (κ1) is 13.5. The molecule has 0 saturated carbocycles. The Morgan fingerprint density at radius 2 is 1.90 bits per heavy atom. The second-order valence-electron chi connectivity index (χ2n) is 4.90. The molecule has 0 radical (unpaired) electrons. The number of rotatable bonds is 4. The minimum Gasteiger partial charge on any atom is -0.493 e. The Hall–Kier alpha value is -1.45. The Bertz CT molecular complexity index is 612. The first-order chi connectivity index (χ1) is 9.85. The first-order valence-corrected chi connectivity index (χ1v) is 8.12. The summed E-state index contributed by atoms with van der Waals surface area (Å²) in [5.74, 6) is 1.07. The van der Waals surface area contributed by atoms with Crippen molar-refractivity contribution in [2.75, 3.05) is 19.9 Å². The van der Waals surface area contributed by atoms with Gasteiger partial charge in [0.2, 0.25) is 0 Å². The van der Waals surface area contributed by atoms with E-state index in [1.165, 1.54) is 21.6 Å². The molecule has 2 nitrogen and oxygen atoms in total. The van der Waals surface area contributed by atoms with Crippen molar-refractivity contribution in [3.05, 3.63) is 59.2 Å². The van der Waals surface area contributed by atoms with E-state index in [1.807, 2.05) is 7.05 Å². The van der Waals surface area contributed by atoms with Crippen LogP contribution in [-0.2, 0) is 6.42 Å². The van der Waals surface area contributed by atoms with Crippen LogP contribution in [0.4, 0.5) is 0 Å². The normalized spacial score (nSPS) is 14.7. The number of fused-ring (bicyclic) bond motifs is 1. The molecule has 1 N–H and O–H groups in total. The van der Waals surface area contributed by atoms with Crippen molar-refractivity contribution in [1.82, 2.24) is 5.32 Å². The van der Waals surface area contributed by atoms with Gasteiger partial charge in [-0.15, -0.1) is 11.8 Å². The van der Waals surface area contributed by atoms with Gasteiger partial charge in [0.1, 0.15) is 5.75 Å². The topological polar surface area (TPSA) is 21.3 Å². The van der Waals surface area contributed by atoms with Gasteiger partial charge < -0.3 is 10.1 Å². The zero-order valence-corrected chi connectivity index (χ0v) is 12.7. The van der Waals surface area contributed by atoms with Crippen LogP contribution in [0.25, 0.3) is 0 Å². The molecule has 0 fully saturated rings. The average molecular weight is 285 g/mol. The van der Waals surface area contributed by atoms with E-state index in [4.69, 9.17) is 4.74 Å². The van der Waals surface area contributed by atoms with Crippen molar-refractivity contribution in [3.8, 4) is 5.75 Å². The molecule has 104 valence electrons. The van der Waals surface area contributed by atoms with Crippen LogP contribution in [0, 0.1) is 0 Å². The third-order valence-corrected chi connectivity index (χ3v) is 4.61. The highest BCUT2D eigenvalue weighted by Crippen LogP contribution is 2.38. The number of ether oxygens (including phenoxy) is 1. The van der Waals surface area contributed by atoms with Gasteiger partial charge >= 0.3 is 0 Å². The molecule has 3 rings (SSSR count). The summed E-state index contributed by atoms with van der Waals surface area (Å²) in [6, 6.07) is 15.2. The third-order valence-electron chi connectivity index (χ3n) is 3.79. The molecule has 3 heteroatoms. The minimum atomic E-state index is 0.173. The number of benzene rings is 2. The maximum atomic E-state index is 5.86. The molecule has 0 bridgehead atoms. The molecule has 0 aliphatic carbocycles. The molecule has 2 aromatic carbocycles. The number of thioether (sulfide) groups is 1. The standard InChI is InChI=1S/C17H19NOS/c1-18-16(13-7-3-4-9-15(13)20-2)14-8-5-6-12-10-11-19-17(12)14/h3-9,16,18H,10-11H2,1-2H3. The molecule has 0 amide bonds. The highest BCUT2D eigenvalue weighted by atomic mass is 32.2. The Balaban J connectivity index is 2.09. The largest absolute Gasteiger partial charge is 0.493 e. The summed E-state index contributed by atoms with van der Waals surface area (Å²) in [6.45, 7) is 0.799. The van der Waals surface area contributed by atoms with E-state index in [-0.39, 0.29) is 6.04 Å². The van der Waals surface area contributed by atoms with Crippen LogP contribution in [0.3, 0.4) is 0 Å². The Kier molecular flexibility index (Phi) is 3.99. The lowest BCUT2D eigenvalue weighted by molar-refractivity contribution is 0.351. The van der Waals surface area contributed by atoms with Gasteiger partial charge in [-0.3, -0.25) is 0 Å². The molecule has 1 heterocycles. The van der Waals surface area contributed by atoms with E-state index >= 15 is 0 Å². The molecule has 0 spiro atoms. The van der Waals surface area contributed by atoms with Gasteiger partial charge in [0.15, 0.2) is 0 Å². The van der Waals surface area contributed by atoms with Crippen LogP contribution in [0.5, 0.6) is 5.75 Å².